The van der Waals surface area contributed by atoms with Crippen molar-refractivity contribution >= 4 is 15.9 Å². The lowest BCUT2D eigenvalue weighted by molar-refractivity contribution is 0.806. The second-order valence-electron chi connectivity index (χ2n) is 1.41. The Hall–Kier alpha value is 0.480. The first kappa shape index (κ1) is 16.8. The lowest BCUT2D eigenvalue weighted by Crippen LogP contribution is -1.88. The van der Waals surface area contributed by atoms with Crippen molar-refractivity contribution in [3.8, 4) is 0 Å². The van der Waals surface area contributed by atoms with Gasteiger partial charge in [0.05, 0.1) is 0 Å². The van der Waals surface area contributed by atoms with Gasteiger partial charge in [-0.25, -0.2) is 0 Å². The predicted octanol–water partition coefficient (Wildman–Crippen LogP) is 4.62. The Balaban J connectivity index is -0.000000105. The van der Waals surface area contributed by atoms with Crippen LogP contribution in [-0.4, -0.2) is 4.83 Å². The molecule has 0 aromatic heterocycles. The van der Waals surface area contributed by atoms with Crippen molar-refractivity contribution in [3.63, 3.8) is 0 Å². The van der Waals surface area contributed by atoms with Crippen LogP contribution in [0.25, 0.3) is 0 Å². The van der Waals surface area contributed by atoms with Crippen molar-refractivity contribution in [1.82, 2.24) is 0 Å². The largest absolute Gasteiger partial charge is 0.0891 e. The monoisotopic (exact) mass is 210 g/mol. The summed E-state index contributed by atoms with van der Waals surface area (Å²) in [5, 5.41) is 0. The van der Waals surface area contributed by atoms with E-state index in [9.17, 15) is 0 Å². The minimum Gasteiger partial charge on any atom is -0.0891 e. The highest BCUT2D eigenvalue weighted by Crippen LogP contribution is 2.06. The summed E-state index contributed by atoms with van der Waals surface area (Å²) in [6.07, 6.45) is 2.49. The van der Waals surface area contributed by atoms with Crippen LogP contribution >= 0.6 is 15.9 Å². The highest BCUT2D eigenvalue weighted by molar-refractivity contribution is 9.09. The Labute approximate surface area is 75.5 Å². The van der Waals surface area contributed by atoms with E-state index < -0.39 is 0 Å². The number of alkyl halides is 1. The average molecular weight is 211 g/mol. The van der Waals surface area contributed by atoms with Crippen molar-refractivity contribution in [2.45, 2.75) is 59.2 Å². The Morgan fingerprint density at radius 2 is 1.10 bits per heavy atom. The molecule has 0 aliphatic carbocycles. The molecule has 0 amide bonds. The maximum atomic E-state index is 3.48. The van der Waals surface area contributed by atoms with Crippen molar-refractivity contribution in [3.05, 3.63) is 0 Å². The topological polar surface area (TPSA) is 0 Å². The molecule has 10 heavy (non-hydrogen) atoms. The van der Waals surface area contributed by atoms with Crippen LogP contribution in [0.5, 0.6) is 0 Å². The summed E-state index contributed by atoms with van der Waals surface area (Å²) in [7, 11) is 0. The van der Waals surface area contributed by atoms with Gasteiger partial charge in [0.1, 0.15) is 0 Å². The van der Waals surface area contributed by atoms with E-state index in [1.165, 1.54) is 12.8 Å². The first-order chi connectivity index (χ1) is 4.81. The summed E-state index contributed by atoms with van der Waals surface area (Å²) < 4.78 is 0. The lowest BCUT2D eigenvalue weighted by Gasteiger charge is -1.96. The molecule has 0 fully saturated rings. The summed E-state index contributed by atoms with van der Waals surface area (Å²) in [6, 6.07) is 0. The van der Waals surface area contributed by atoms with Gasteiger partial charge in [0.25, 0.3) is 0 Å². The van der Waals surface area contributed by atoms with Gasteiger partial charge in [-0.15, -0.1) is 0 Å². The van der Waals surface area contributed by atoms with E-state index in [1.54, 1.807) is 0 Å². The number of rotatable bonds is 2. The summed E-state index contributed by atoms with van der Waals surface area (Å²) in [4.78, 5) is 0.748. The molecule has 0 aliphatic heterocycles. The molecule has 0 atom stereocenters. The van der Waals surface area contributed by atoms with Gasteiger partial charge >= 0.3 is 0 Å². The number of hydrogen-bond acceptors (Lipinski definition) is 0. The third-order valence-corrected chi connectivity index (χ3v) is 2.18. The van der Waals surface area contributed by atoms with Crippen LogP contribution in [0.3, 0.4) is 0 Å². The van der Waals surface area contributed by atoms with E-state index in [0.717, 1.165) is 4.83 Å². The molecule has 0 unspecified atom stereocenters. The molecule has 0 rings (SSSR count). The number of hydrogen-bond donors (Lipinski definition) is 0. The molecule has 0 radical (unpaired) electrons. The second kappa shape index (κ2) is 22.7. The molecule has 1 heteroatoms. The molecule has 66 valence electrons. The Morgan fingerprint density at radius 1 is 0.900 bits per heavy atom. The van der Waals surface area contributed by atoms with Gasteiger partial charge in [-0.1, -0.05) is 57.5 Å². The highest BCUT2D eigenvalue weighted by atomic mass is 79.9. The van der Waals surface area contributed by atoms with Gasteiger partial charge in [0.2, 0.25) is 0 Å². The summed E-state index contributed by atoms with van der Waals surface area (Å²) in [6.45, 7) is 12.4. The molecule has 0 aromatic carbocycles. The van der Waals surface area contributed by atoms with Crippen molar-refractivity contribution in [2.24, 2.45) is 0 Å². The normalized spacial score (nSPS) is 7.20. The maximum Gasteiger partial charge on any atom is 0.0140 e. The van der Waals surface area contributed by atoms with Crippen LogP contribution in [-0.2, 0) is 0 Å². The standard InChI is InChI=1S/C5H11Br.2C2H6/c1-3-5(6)4-2;2*1-2/h5H,3-4H2,1-2H3;2*1-2H3. The zero-order valence-corrected chi connectivity index (χ0v) is 9.96. The van der Waals surface area contributed by atoms with E-state index in [0.29, 0.717) is 0 Å². The van der Waals surface area contributed by atoms with Crippen molar-refractivity contribution in [2.75, 3.05) is 0 Å². The minimum atomic E-state index is 0.748. The van der Waals surface area contributed by atoms with E-state index in [1.807, 2.05) is 27.7 Å². The third kappa shape index (κ3) is 23.6. The van der Waals surface area contributed by atoms with Crippen molar-refractivity contribution < 1.29 is 0 Å². The molecule has 0 spiro atoms. The quantitative estimate of drug-likeness (QED) is 0.584. The molecular weight excluding hydrogens is 188 g/mol. The van der Waals surface area contributed by atoms with Crippen LogP contribution in [0.1, 0.15) is 54.4 Å². The SMILES string of the molecule is CC.CC.CCC(Br)CC. The molecule has 0 saturated heterocycles. The minimum absolute atomic E-state index is 0.748. The van der Waals surface area contributed by atoms with Gasteiger partial charge in [-0.2, -0.15) is 0 Å². The summed E-state index contributed by atoms with van der Waals surface area (Å²) >= 11 is 3.48. The molecule has 0 aromatic rings. The zero-order chi connectivity index (χ0) is 8.99. The van der Waals surface area contributed by atoms with Crippen LogP contribution in [0.15, 0.2) is 0 Å². The van der Waals surface area contributed by atoms with E-state index in [2.05, 4.69) is 29.8 Å². The van der Waals surface area contributed by atoms with E-state index >= 15 is 0 Å². The van der Waals surface area contributed by atoms with Gasteiger partial charge in [-0.05, 0) is 12.8 Å². The van der Waals surface area contributed by atoms with Crippen LogP contribution in [0, 0.1) is 0 Å². The Kier molecular flexibility index (Phi) is 38.2. The Morgan fingerprint density at radius 3 is 1.10 bits per heavy atom. The third-order valence-electron chi connectivity index (χ3n) is 0.886. The fourth-order valence-corrected chi connectivity index (χ4v) is 0.289. The lowest BCUT2D eigenvalue weighted by atomic mass is 10.3. The molecule has 0 heterocycles. The van der Waals surface area contributed by atoms with Gasteiger partial charge in [-0.3, -0.25) is 0 Å². The molecule has 0 aliphatic rings. The Bertz CT molecular complexity index is 23.9. The first-order valence-corrected chi connectivity index (χ1v) is 5.36. The van der Waals surface area contributed by atoms with Crippen molar-refractivity contribution in [1.29, 1.82) is 0 Å². The van der Waals surface area contributed by atoms with Crippen LogP contribution < -0.4 is 0 Å². The molecular formula is C9H23Br. The average Bonchev–Trinajstić information content (AvgIpc) is 2.10. The van der Waals surface area contributed by atoms with E-state index in [-0.39, 0.29) is 0 Å². The second-order valence-corrected chi connectivity index (χ2v) is 2.71. The molecule has 0 N–H and O–H groups in total. The first-order valence-electron chi connectivity index (χ1n) is 4.45. The van der Waals surface area contributed by atoms with Gasteiger partial charge in [0.15, 0.2) is 0 Å². The molecule has 0 bridgehead atoms. The zero-order valence-electron chi connectivity index (χ0n) is 8.37. The van der Waals surface area contributed by atoms with Crippen LogP contribution in [0.4, 0.5) is 0 Å². The summed E-state index contributed by atoms with van der Waals surface area (Å²) in [5.74, 6) is 0. The summed E-state index contributed by atoms with van der Waals surface area (Å²) in [5.41, 5.74) is 0. The predicted molar refractivity (Wildman–Crippen MR) is 56.0 cm³/mol. The van der Waals surface area contributed by atoms with Crippen LogP contribution in [0.2, 0.25) is 0 Å². The molecule has 0 saturated carbocycles. The maximum absolute atomic E-state index is 3.48. The van der Waals surface area contributed by atoms with Gasteiger partial charge < -0.3 is 0 Å². The molecule has 0 nitrogen and oxygen atoms in total. The van der Waals surface area contributed by atoms with Gasteiger partial charge in [0, 0.05) is 4.83 Å². The van der Waals surface area contributed by atoms with E-state index in [4.69, 9.17) is 0 Å². The number of halogens is 1. The highest BCUT2D eigenvalue weighted by Gasteiger charge is 1.91. The fraction of sp³-hybridized carbons (Fsp3) is 1.00. The fourth-order valence-electron chi connectivity index (χ4n) is 0.289. The smallest absolute Gasteiger partial charge is 0.0140 e.